The predicted molar refractivity (Wildman–Crippen MR) is 90.7 cm³/mol. The van der Waals surface area contributed by atoms with Gasteiger partial charge in [0.1, 0.15) is 5.82 Å². The minimum absolute atomic E-state index is 0.0880. The highest BCUT2D eigenvalue weighted by Gasteiger charge is 2.28. The zero-order valence-corrected chi connectivity index (χ0v) is 14.0. The van der Waals surface area contributed by atoms with Crippen LogP contribution >= 0.6 is 0 Å². The Morgan fingerprint density at radius 3 is 2.88 bits per heavy atom. The largest absolute Gasteiger partial charge is 0.335 e. The zero-order chi connectivity index (χ0) is 18.0. The molecule has 2 aromatic rings. The third-order valence-electron chi connectivity index (χ3n) is 4.65. The monoisotopic (exact) mass is 345 g/mol. The van der Waals surface area contributed by atoms with E-state index in [2.05, 4.69) is 4.98 Å². The minimum Gasteiger partial charge on any atom is -0.335 e. The van der Waals surface area contributed by atoms with E-state index in [0.29, 0.717) is 6.54 Å². The van der Waals surface area contributed by atoms with Crippen LogP contribution in [0.15, 0.2) is 40.1 Å². The normalized spacial score (nSPS) is 17.5. The molecule has 0 radical (unpaired) electrons. The Balaban J connectivity index is 1.85. The van der Waals surface area contributed by atoms with Crippen LogP contribution in [0.25, 0.3) is 0 Å². The van der Waals surface area contributed by atoms with Crippen LogP contribution in [0.1, 0.15) is 36.4 Å². The SMILES string of the molecule is Cn1c(=O)[nH]cc(CC(=O)N2CCCC[C@@H]2c2cccc(F)c2)c1=O. The molecular weight excluding hydrogens is 325 g/mol. The number of nitrogens with one attached hydrogen (secondary N) is 1. The molecule has 132 valence electrons. The molecular formula is C18H20FN3O3. The Labute approximate surface area is 143 Å². The van der Waals surface area contributed by atoms with Crippen molar-refractivity contribution < 1.29 is 9.18 Å². The lowest BCUT2D eigenvalue weighted by atomic mass is 9.94. The fourth-order valence-electron chi connectivity index (χ4n) is 3.30. The summed E-state index contributed by atoms with van der Waals surface area (Å²) in [5, 5.41) is 0. The van der Waals surface area contributed by atoms with Crippen molar-refractivity contribution in [3.8, 4) is 0 Å². The lowest BCUT2D eigenvalue weighted by Crippen LogP contribution is -2.41. The van der Waals surface area contributed by atoms with Gasteiger partial charge in [0.15, 0.2) is 0 Å². The van der Waals surface area contributed by atoms with Crippen LogP contribution in [0, 0.1) is 5.82 Å². The number of piperidine rings is 1. The molecule has 1 fully saturated rings. The van der Waals surface area contributed by atoms with Crippen molar-refractivity contribution in [2.45, 2.75) is 31.7 Å². The van der Waals surface area contributed by atoms with Crippen LogP contribution in [0.2, 0.25) is 0 Å². The highest BCUT2D eigenvalue weighted by molar-refractivity contribution is 5.79. The highest BCUT2D eigenvalue weighted by atomic mass is 19.1. The van der Waals surface area contributed by atoms with Crippen molar-refractivity contribution in [1.29, 1.82) is 0 Å². The fourth-order valence-corrected chi connectivity index (χ4v) is 3.30. The first-order valence-electron chi connectivity index (χ1n) is 8.30. The quantitative estimate of drug-likeness (QED) is 0.916. The van der Waals surface area contributed by atoms with Gasteiger partial charge in [-0.25, -0.2) is 9.18 Å². The van der Waals surface area contributed by atoms with Gasteiger partial charge >= 0.3 is 5.69 Å². The maximum atomic E-state index is 13.6. The van der Waals surface area contributed by atoms with E-state index in [1.54, 1.807) is 11.0 Å². The van der Waals surface area contributed by atoms with Crippen LogP contribution in [0.4, 0.5) is 4.39 Å². The van der Waals surface area contributed by atoms with Crippen molar-refractivity contribution in [3.05, 3.63) is 68.2 Å². The predicted octanol–water partition coefficient (Wildman–Crippen LogP) is 1.51. The molecule has 6 nitrogen and oxygen atoms in total. The number of benzene rings is 1. The molecule has 1 aliphatic heterocycles. The van der Waals surface area contributed by atoms with Gasteiger partial charge in [-0.2, -0.15) is 0 Å². The van der Waals surface area contributed by atoms with Gasteiger partial charge in [-0.05, 0) is 37.0 Å². The first-order valence-corrected chi connectivity index (χ1v) is 8.30. The highest BCUT2D eigenvalue weighted by Crippen LogP contribution is 2.31. The average molecular weight is 345 g/mol. The van der Waals surface area contributed by atoms with Crippen LogP contribution < -0.4 is 11.2 Å². The number of hydrogen-bond acceptors (Lipinski definition) is 3. The Morgan fingerprint density at radius 1 is 1.32 bits per heavy atom. The van der Waals surface area contributed by atoms with Gasteiger partial charge in [0.05, 0.1) is 12.5 Å². The molecule has 0 bridgehead atoms. The van der Waals surface area contributed by atoms with Gasteiger partial charge in [-0.3, -0.25) is 14.2 Å². The number of nitrogens with zero attached hydrogens (tertiary/aromatic N) is 2. The smallest absolute Gasteiger partial charge is 0.328 e. The number of aromatic nitrogens is 2. The molecule has 7 heteroatoms. The number of H-pyrrole nitrogens is 1. The molecule has 2 heterocycles. The standard InChI is InChI=1S/C18H20FN3O3/c1-21-17(24)13(11-20-18(21)25)10-16(23)22-8-3-2-7-15(22)12-5-4-6-14(19)9-12/h4-6,9,11,15H,2-3,7-8,10H2,1H3,(H,20,25)/t15-/m1/s1. The minimum atomic E-state index is -0.517. The first-order chi connectivity index (χ1) is 12.0. The van der Waals surface area contributed by atoms with Crippen molar-refractivity contribution in [3.63, 3.8) is 0 Å². The number of hydrogen-bond donors (Lipinski definition) is 1. The molecule has 0 aliphatic carbocycles. The van der Waals surface area contributed by atoms with E-state index in [9.17, 15) is 18.8 Å². The van der Waals surface area contributed by atoms with Gasteiger partial charge in [0, 0.05) is 25.4 Å². The first kappa shape index (κ1) is 17.1. The number of aromatic amines is 1. The molecule has 0 unspecified atom stereocenters. The van der Waals surface area contributed by atoms with Gasteiger partial charge < -0.3 is 9.88 Å². The fraction of sp³-hybridized carbons (Fsp3) is 0.389. The molecule has 1 amide bonds. The Bertz CT molecular complexity index is 903. The molecule has 25 heavy (non-hydrogen) atoms. The second-order valence-corrected chi connectivity index (χ2v) is 6.31. The van der Waals surface area contributed by atoms with E-state index in [1.807, 2.05) is 6.07 Å². The van der Waals surface area contributed by atoms with E-state index in [4.69, 9.17) is 0 Å². The summed E-state index contributed by atoms with van der Waals surface area (Å²) in [7, 11) is 1.37. The molecule has 3 rings (SSSR count). The van der Waals surface area contributed by atoms with Gasteiger partial charge in [0.25, 0.3) is 5.56 Å². The van der Waals surface area contributed by atoms with Crippen LogP contribution in [-0.2, 0) is 18.3 Å². The molecule has 1 saturated heterocycles. The number of rotatable bonds is 3. The summed E-state index contributed by atoms with van der Waals surface area (Å²) in [6.07, 6.45) is 3.81. The molecule has 0 saturated carbocycles. The molecule has 1 N–H and O–H groups in total. The Hall–Kier alpha value is -2.70. The van der Waals surface area contributed by atoms with Crippen LogP contribution in [-0.4, -0.2) is 26.9 Å². The van der Waals surface area contributed by atoms with Crippen LogP contribution in [0.5, 0.6) is 0 Å². The molecule has 1 atom stereocenters. The second kappa shape index (κ2) is 7.04. The van der Waals surface area contributed by atoms with E-state index in [1.165, 1.54) is 25.4 Å². The summed E-state index contributed by atoms with van der Waals surface area (Å²) >= 11 is 0. The maximum absolute atomic E-state index is 13.6. The van der Waals surface area contributed by atoms with Crippen molar-refractivity contribution >= 4 is 5.91 Å². The number of carbonyl (C=O) groups excluding carboxylic acids is 1. The van der Waals surface area contributed by atoms with Crippen molar-refractivity contribution in [1.82, 2.24) is 14.5 Å². The number of carbonyl (C=O) groups is 1. The average Bonchev–Trinajstić information content (AvgIpc) is 2.62. The third-order valence-corrected chi connectivity index (χ3v) is 4.65. The second-order valence-electron chi connectivity index (χ2n) is 6.31. The van der Waals surface area contributed by atoms with E-state index in [0.717, 1.165) is 29.4 Å². The van der Waals surface area contributed by atoms with Gasteiger partial charge in [-0.1, -0.05) is 12.1 Å². The summed E-state index contributed by atoms with van der Waals surface area (Å²) in [4.78, 5) is 40.5. The molecule has 1 aromatic carbocycles. The molecule has 0 spiro atoms. The molecule has 1 aromatic heterocycles. The maximum Gasteiger partial charge on any atom is 0.328 e. The van der Waals surface area contributed by atoms with E-state index >= 15 is 0 Å². The number of halogens is 1. The lowest BCUT2D eigenvalue weighted by molar-refractivity contribution is -0.134. The summed E-state index contributed by atoms with van der Waals surface area (Å²) in [5.41, 5.74) is 0.0197. The van der Waals surface area contributed by atoms with Gasteiger partial charge in [0.2, 0.25) is 5.91 Å². The van der Waals surface area contributed by atoms with E-state index < -0.39 is 11.2 Å². The molecule has 1 aliphatic rings. The third kappa shape index (κ3) is 3.55. The van der Waals surface area contributed by atoms with Crippen LogP contribution in [0.3, 0.4) is 0 Å². The Kier molecular flexibility index (Phi) is 4.83. The summed E-state index contributed by atoms with van der Waals surface area (Å²) in [6, 6.07) is 6.10. The van der Waals surface area contributed by atoms with Crippen molar-refractivity contribution in [2.75, 3.05) is 6.54 Å². The number of amides is 1. The Morgan fingerprint density at radius 2 is 2.12 bits per heavy atom. The lowest BCUT2D eigenvalue weighted by Gasteiger charge is -2.36. The zero-order valence-electron chi connectivity index (χ0n) is 14.0. The summed E-state index contributed by atoms with van der Waals surface area (Å²) in [5.74, 6) is -0.525. The summed E-state index contributed by atoms with van der Waals surface area (Å²) in [6.45, 7) is 0.573. The van der Waals surface area contributed by atoms with Gasteiger partial charge in [-0.15, -0.1) is 0 Å². The van der Waals surface area contributed by atoms with Crippen molar-refractivity contribution in [2.24, 2.45) is 7.05 Å². The number of likely N-dealkylation sites (tertiary alicyclic amines) is 1. The summed E-state index contributed by atoms with van der Waals surface area (Å²) < 4.78 is 14.5. The topological polar surface area (TPSA) is 75.2 Å². The van der Waals surface area contributed by atoms with E-state index in [-0.39, 0.29) is 29.8 Å².